The third-order valence-corrected chi connectivity index (χ3v) is 5.11. The average molecular weight is 360 g/mol. The fraction of sp³-hybridized carbons (Fsp3) is 0.500. The molecule has 2 N–H and O–H groups in total. The fourth-order valence-corrected chi connectivity index (χ4v) is 3.73. The lowest BCUT2D eigenvalue weighted by molar-refractivity contribution is -0.121. The van der Waals surface area contributed by atoms with Crippen LogP contribution < -0.4 is 15.5 Å². The van der Waals surface area contributed by atoms with Gasteiger partial charge in [-0.15, -0.1) is 0 Å². The first-order valence-electron chi connectivity index (χ1n) is 8.80. The smallest absolute Gasteiger partial charge is 0.251 e. The number of hydrogen-bond donors (Lipinski definition) is 2. The predicted molar refractivity (Wildman–Crippen MR) is 101 cm³/mol. The minimum absolute atomic E-state index is 0.139. The van der Waals surface area contributed by atoms with Gasteiger partial charge in [0.25, 0.3) is 5.91 Å². The zero-order valence-electron chi connectivity index (χ0n) is 14.4. The Kier molecular flexibility index (Phi) is 5.65. The lowest BCUT2D eigenvalue weighted by atomic mass is 10.0. The van der Waals surface area contributed by atoms with E-state index in [4.69, 9.17) is 12.2 Å². The molecule has 1 aromatic carbocycles. The number of piperidine rings is 1. The Morgan fingerprint density at radius 3 is 2.52 bits per heavy atom. The second-order valence-corrected chi connectivity index (χ2v) is 6.81. The van der Waals surface area contributed by atoms with Crippen molar-refractivity contribution in [3.63, 3.8) is 0 Å². The highest BCUT2D eigenvalue weighted by atomic mass is 32.1. The van der Waals surface area contributed by atoms with E-state index in [1.165, 1.54) is 4.90 Å². The molecule has 0 aliphatic carbocycles. The molecule has 0 radical (unpaired) electrons. The number of imide groups is 1. The number of para-hydroxylation sites is 1. The lowest BCUT2D eigenvalue weighted by Gasteiger charge is -2.35. The van der Waals surface area contributed by atoms with Crippen molar-refractivity contribution in [3.8, 4) is 0 Å². The van der Waals surface area contributed by atoms with Gasteiger partial charge in [-0.05, 0) is 44.1 Å². The van der Waals surface area contributed by atoms with Gasteiger partial charge in [0.1, 0.15) is 0 Å². The topological polar surface area (TPSA) is 64.7 Å². The van der Waals surface area contributed by atoms with E-state index >= 15 is 0 Å². The molecule has 0 aromatic heterocycles. The molecular formula is C18H24N4O2S. The third kappa shape index (κ3) is 3.99. The van der Waals surface area contributed by atoms with Gasteiger partial charge in [0.15, 0.2) is 5.11 Å². The Labute approximate surface area is 153 Å². The van der Waals surface area contributed by atoms with E-state index in [0.717, 1.165) is 37.6 Å². The van der Waals surface area contributed by atoms with Crippen molar-refractivity contribution in [3.05, 3.63) is 30.3 Å². The molecule has 2 aliphatic rings. The number of hydrogen-bond acceptors (Lipinski definition) is 4. The number of benzene rings is 1. The quantitative estimate of drug-likeness (QED) is 0.623. The molecule has 2 heterocycles. The molecule has 1 aromatic rings. The van der Waals surface area contributed by atoms with Crippen molar-refractivity contribution in [2.45, 2.75) is 38.3 Å². The number of thiocarbonyl (C=S) groups is 1. The van der Waals surface area contributed by atoms with Gasteiger partial charge in [-0.3, -0.25) is 9.59 Å². The van der Waals surface area contributed by atoms with Gasteiger partial charge in [0, 0.05) is 25.7 Å². The maximum atomic E-state index is 12.6. The molecule has 2 saturated heterocycles. The van der Waals surface area contributed by atoms with Gasteiger partial charge in [-0.2, -0.15) is 0 Å². The van der Waals surface area contributed by atoms with E-state index in [9.17, 15) is 9.59 Å². The lowest BCUT2D eigenvalue weighted by Crippen LogP contribution is -2.51. The Balaban J connectivity index is 1.55. The van der Waals surface area contributed by atoms with Crippen LogP contribution in [0.25, 0.3) is 0 Å². The molecule has 0 bridgehead atoms. The summed E-state index contributed by atoms with van der Waals surface area (Å²) < 4.78 is 0. The predicted octanol–water partition coefficient (Wildman–Crippen LogP) is 1.27. The Morgan fingerprint density at radius 1 is 1.20 bits per heavy atom. The molecule has 0 saturated carbocycles. The van der Waals surface area contributed by atoms with Gasteiger partial charge in [-0.1, -0.05) is 18.2 Å². The molecule has 7 heteroatoms. The van der Waals surface area contributed by atoms with E-state index in [1.807, 2.05) is 25.1 Å². The van der Waals surface area contributed by atoms with Crippen LogP contribution in [0.2, 0.25) is 0 Å². The Bertz CT molecular complexity index is 644. The second-order valence-electron chi connectivity index (χ2n) is 6.42. The number of carbonyl (C=O) groups excluding carboxylic acids is 2. The van der Waals surface area contributed by atoms with Crippen LogP contribution in [-0.2, 0) is 9.59 Å². The molecule has 2 amide bonds. The van der Waals surface area contributed by atoms with Crippen LogP contribution in [0, 0.1) is 0 Å². The standard InChI is InChI=1S/C18H24N4O2S/c1-2-19-18(25)21-10-8-13(9-11-21)20-15-12-16(23)22(17(15)24)14-6-4-3-5-7-14/h3-7,13,15,20H,2,8-12H2,1H3,(H,19,25)/t15-/m1/s1. The van der Waals surface area contributed by atoms with E-state index in [-0.39, 0.29) is 24.3 Å². The first-order chi connectivity index (χ1) is 12.1. The first-order valence-corrected chi connectivity index (χ1v) is 9.21. The zero-order valence-corrected chi connectivity index (χ0v) is 15.2. The average Bonchev–Trinajstić information content (AvgIpc) is 2.90. The van der Waals surface area contributed by atoms with Crippen LogP contribution in [0.3, 0.4) is 0 Å². The van der Waals surface area contributed by atoms with Crippen molar-refractivity contribution >= 4 is 34.8 Å². The van der Waals surface area contributed by atoms with Crippen molar-refractivity contribution in [1.29, 1.82) is 0 Å². The van der Waals surface area contributed by atoms with Gasteiger partial charge < -0.3 is 15.5 Å². The Morgan fingerprint density at radius 2 is 1.88 bits per heavy atom. The van der Waals surface area contributed by atoms with Gasteiger partial charge in [0.05, 0.1) is 18.2 Å². The normalized spacial score (nSPS) is 21.7. The number of rotatable bonds is 4. The van der Waals surface area contributed by atoms with Gasteiger partial charge >= 0.3 is 0 Å². The van der Waals surface area contributed by atoms with E-state index in [0.29, 0.717) is 5.69 Å². The second kappa shape index (κ2) is 7.93. The third-order valence-electron chi connectivity index (χ3n) is 4.71. The molecule has 25 heavy (non-hydrogen) atoms. The van der Waals surface area contributed by atoms with Crippen LogP contribution in [0.1, 0.15) is 26.2 Å². The summed E-state index contributed by atoms with van der Waals surface area (Å²) in [5, 5.41) is 7.35. The fourth-order valence-electron chi connectivity index (χ4n) is 3.41. The molecule has 1 atom stereocenters. The number of anilines is 1. The number of amides is 2. The summed E-state index contributed by atoms with van der Waals surface area (Å²) in [6, 6.07) is 8.93. The van der Waals surface area contributed by atoms with Crippen molar-refractivity contribution in [2.75, 3.05) is 24.5 Å². The molecule has 0 unspecified atom stereocenters. The number of likely N-dealkylation sites (tertiary alicyclic amines) is 1. The highest BCUT2D eigenvalue weighted by molar-refractivity contribution is 7.80. The zero-order chi connectivity index (χ0) is 17.8. The summed E-state index contributed by atoms with van der Waals surface area (Å²) in [5.74, 6) is -0.291. The summed E-state index contributed by atoms with van der Waals surface area (Å²) in [7, 11) is 0. The number of nitrogens with zero attached hydrogens (tertiary/aromatic N) is 2. The SMILES string of the molecule is CCNC(=S)N1CCC(N[C@@H]2CC(=O)N(c3ccccc3)C2=O)CC1. The molecular weight excluding hydrogens is 336 g/mol. The molecule has 134 valence electrons. The van der Waals surface area contributed by atoms with Crippen LogP contribution in [-0.4, -0.2) is 53.5 Å². The summed E-state index contributed by atoms with van der Waals surface area (Å²) >= 11 is 5.35. The Hall–Kier alpha value is -1.99. The maximum absolute atomic E-state index is 12.6. The van der Waals surface area contributed by atoms with E-state index < -0.39 is 6.04 Å². The van der Waals surface area contributed by atoms with Crippen LogP contribution in [0.15, 0.2) is 30.3 Å². The van der Waals surface area contributed by atoms with Crippen LogP contribution in [0.4, 0.5) is 5.69 Å². The van der Waals surface area contributed by atoms with E-state index in [2.05, 4.69) is 15.5 Å². The van der Waals surface area contributed by atoms with Crippen LogP contribution in [0.5, 0.6) is 0 Å². The van der Waals surface area contributed by atoms with E-state index in [1.54, 1.807) is 12.1 Å². The maximum Gasteiger partial charge on any atom is 0.251 e. The molecule has 3 rings (SSSR count). The highest BCUT2D eigenvalue weighted by Crippen LogP contribution is 2.23. The molecule has 2 fully saturated rings. The number of nitrogens with one attached hydrogen (secondary N) is 2. The minimum Gasteiger partial charge on any atom is -0.363 e. The first kappa shape index (κ1) is 17.8. The largest absolute Gasteiger partial charge is 0.363 e. The summed E-state index contributed by atoms with van der Waals surface area (Å²) in [6.07, 6.45) is 2.05. The summed E-state index contributed by atoms with van der Waals surface area (Å²) in [4.78, 5) is 28.4. The van der Waals surface area contributed by atoms with Crippen LogP contribution >= 0.6 is 12.2 Å². The monoisotopic (exact) mass is 360 g/mol. The van der Waals surface area contributed by atoms with Crippen molar-refractivity contribution in [1.82, 2.24) is 15.5 Å². The van der Waals surface area contributed by atoms with Gasteiger partial charge in [0.2, 0.25) is 5.91 Å². The number of carbonyl (C=O) groups is 2. The molecule has 0 spiro atoms. The van der Waals surface area contributed by atoms with Crippen molar-refractivity contribution in [2.24, 2.45) is 0 Å². The summed E-state index contributed by atoms with van der Waals surface area (Å²) in [6.45, 7) is 4.58. The minimum atomic E-state index is -0.426. The van der Waals surface area contributed by atoms with Crippen molar-refractivity contribution < 1.29 is 9.59 Å². The molecule has 2 aliphatic heterocycles. The van der Waals surface area contributed by atoms with Gasteiger partial charge in [-0.25, -0.2) is 4.90 Å². The molecule has 6 nitrogen and oxygen atoms in total. The highest BCUT2D eigenvalue weighted by Gasteiger charge is 2.40. The summed E-state index contributed by atoms with van der Waals surface area (Å²) in [5.41, 5.74) is 0.646.